The van der Waals surface area contributed by atoms with Crippen LogP contribution < -0.4 is 0 Å². The van der Waals surface area contributed by atoms with E-state index in [-0.39, 0.29) is 16.4 Å². The number of hydrogen-bond acceptors (Lipinski definition) is 5. The third kappa shape index (κ3) is 4.72. The predicted octanol–water partition coefficient (Wildman–Crippen LogP) is 1.92. The molecule has 2 aromatic carbocycles. The third-order valence-corrected chi connectivity index (χ3v) is 5.69. The van der Waals surface area contributed by atoms with Crippen molar-refractivity contribution in [3.05, 3.63) is 65.7 Å². The van der Waals surface area contributed by atoms with Crippen LogP contribution in [0.1, 0.15) is 22.0 Å². The van der Waals surface area contributed by atoms with E-state index >= 15 is 0 Å². The van der Waals surface area contributed by atoms with Crippen LogP contribution in [0.5, 0.6) is 0 Å². The summed E-state index contributed by atoms with van der Waals surface area (Å²) in [5.41, 5.74) is 0.705. The minimum atomic E-state index is -3.59. The van der Waals surface area contributed by atoms with Gasteiger partial charge < -0.3 is 9.64 Å². The zero-order valence-electron chi connectivity index (χ0n) is 15.6. The van der Waals surface area contributed by atoms with Crippen molar-refractivity contribution in [2.75, 3.05) is 28.2 Å². The second-order valence-corrected chi connectivity index (χ2v) is 8.39. The Morgan fingerprint density at radius 1 is 0.889 bits per heavy atom. The number of nitrogens with zero attached hydrogens (tertiary/aromatic N) is 2. The number of amides is 1. The first kappa shape index (κ1) is 20.6. The molecule has 7 nitrogen and oxygen atoms in total. The first-order chi connectivity index (χ1) is 12.6. The second-order valence-electron chi connectivity index (χ2n) is 6.24. The van der Waals surface area contributed by atoms with Gasteiger partial charge in [-0.3, -0.25) is 4.79 Å². The number of sulfonamides is 1. The molecule has 0 aliphatic heterocycles. The van der Waals surface area contributed by atoms with Crippen molar-refractivity contribution in [1.82, 2.24) is 9.21 Å². The van der Waals surface area contributed by atoms with E-state index in [0.29, 0.717) is 5.56 Å². The summed E-state index contributed by atoms with van der Waals surface area (Å²) in [4.78, 5) is 26.3. The Morgan fingerprint density at radius 3 is 1.93 bits per heavy atom. The van der Waals surface area contributed by atoms with Crippen molar-refractivity contribution in [2.24, 2.45) is 0 Å². The topological polar surface area (TPSA) is 84.0 Å². The van der Waals surface area contributed by atoms with Gasteiger partial charge in [-0.05, 0) is 24.3 Å². The van der Waals surface area contributed by atoms with E-state index in [4.69, 9.17) is 4.74 Å². The van der Waals surface area contributed by atoms with E-state index in [0.717, 1.165) is 4.31 Å². The number of esters is 1. The fourth-order valence-electron chi connectivity index (χ4n) is 2.27. The molecule has 2 aromatic rings. The van der Waals surface area contributed by atoms with Gasteiger partial charge in [-0.15, -0.1) is 0 Å². The van der Waals surface area contributed by atoms with Crippen LogP contribution in [0.2, 0.25) is 0 Å². The first-order valence-electron chi connectivity index (χ1n) is 8.14. The van der Waals surface area contributed by atoms with Crippen LogP contribution in [-0.4, -0.2) is 57.7 Å². The van der Waals surface area contributed by atoms with E-state index in [1.807, 2.05) is 0 Å². The van der Waals surface area contributed by atoms with E-state index in [9.17, 15) is 18.0 Å². The lowest BCUT2D eigenvalue weighted by molar-refractivity contribution is -0.138. The summed E-state index contributed by atoms with van der Waals surface area (Å²) < 4.78 is 30.7. The predicted molar refractivity (Wildman–Crippen MR) is 101 cm³/mol. The number of benzene rings is 2. The average Bonchev–Trinajstić information content (AvgIpc) is 2.66. The molecule has 0 spiro atoms. The van der Waals surface area contributed by atoms with Crippen molar-refractivity contribution in [1.29, 1.82) is 0 Å². The van der Waals surface area contributed by atoms with E-state index in [1.165, 1.54) is 43.3 Å². The SMILES string of the molecule is CN(C)C(=O)[C@@H](OC(=O)c1ccc(S(=O)(=O)N(C)C)cc1)c1ccccc1. The van der Waals surface area contributed by atoms with Gasteiger partial charge in [0.1, 0.15) is 0 Å². The smallest absolute Gasteiger partial charge is 0.339 e. The largest absolute Gasteiger partial charge is 0.444 e. The Hall–Kier alpha value is -2.71. The summed E-state index contributed by atoms with van der Waals surface area (Å²) in [5.74, 6) is -1.09. The molecule has 1 amide bonds. The van der Waals surface area contributed by atoms with Crippen LogP contribution >= 0.6 is 0 Å². The van der Waals surface area contributed by atoms with Crippen molar-refractivity contribution in [3.8, 4) is 0 Å². The quantitative estimate of drug-likeness (QED) is 0.704. The number of likely N-dealkylation sites (N-methyl/N-ethyl adjacent to an activating group) is 1. The Labute approximate surface area is 159 Å². The number of carbonyl (C=O) groups is 2. The minimum absolute atomic E-state index is 0.0630. The Morgan fingerprint density at radius 2 is 1.44 bits per heavy atom. The van der Waals surface area contributed by atoms with Gasteiger partial charge >= 0.3 is 5.97 Å². The second kappa shape index (κ2) is 8.32. The van der Waals surface area contributed by atoms with Crippen LogP contribution in [0.3, 0.4) is 0 Å². The molecule has 1 atom stereocenters. The summed E-state index contributed by atoms with van der Waals surface area (Å²) in [6.07, 6.45) is -1.08. The molecule has 0 saturated heterocycles. The molecule has 0 aromatic heterocycles. The van der Waals surface area contributed by atoms with Gasteiger partial charge in [0.25, 0.3) is 5.91 Å². The molecular formula is C19H22N2O5S. The molecular weight excluding hydrogens is 368 g/mol. The molecule has 0 aliphatic carbocycles. The number of hydrogen-bond donors (Lipinski definition) is 0. The Balaban J connectivity index is 2.26. The fourth-order valence-corrected chi connectivity index (χ4v) is 3.17. The number of ether oxygens (including phenoxy) is 1. The van der Waals surface area contributed by atoms with E-state index in [1.54, 1.807) is 44.4 Å². The lowest BCUT2D eigenvalue weighted by Gasteiger charge is -2.21. The zero-order chi connectivity index (χ0) is 20.2. The molecule has 27 heavy (non-hydrogen) atoms. The number of rotatable bonds is 6. The maximum Gasteiger partial charge on any atom is 0.339 e. The number of carbonyl (C=O) groups excluding carboxylic acids is 2. The van der Waals surface area contributed by atoms with Crippen LogP contribution in [0.25, 0.3) is 0 Å². The third-order valence-electron chi connectivity index (χ3n) is 3.86. The lowest BCUT2D eigenvalue weighted by Crippen LogP contribution is -2.31. The fraction of sp³-hybridized carbons (Fsp3) is 0.263. The summed E-state index contributed by atoms with van der Waals surface area (Å²) in [6, 6.07) is 14.1. The highest BCUT2D eigenvalue weighted by Crippen LogP contribution is 2.22. The molecule has 0 N–H and O–H groups in total. The average molecular weight is 390 g/mol. The van der Waals surface area contributed by atoms with Gasteiger partial charge in [-0.2, -0.15) is 0 Å². The van der Waals surface area contributed by atoms with Crippen molar-refractivity contribution in [3.63, 3.8) is 0 Å². The molecule has 0 saturated carbocycles. The molecule has 2 rings (SSSR count). The molecule has 0 bridgehead atoms. The Bertz CT molecular complexity index is 907. The zero-order valence-corrected chi connectivity index (χ0v) is 16.4. The molecule has 144 valence electrons. The summed E-state index contributed by atoms with van der Waals surface area (Å²) >= 11 is 0. The molecule has 8 heteroatoms. The summed E-state index contributed by atoms with van der Waals surface area (Å²) in [5, 5.41) is 0. The van der Waals surface area contributed by atoms with Gasteiger partial charge in [0.05, 0.1) is 10.5 Å². The van der Waals surface area contributed by atoms with Gasteiger partial charge in [0.15, 0.2) is 0 Å². The van der Waals surface area contributed by atoms with Crippen LogP contribution in [-0.2, 0) is 19.6 Å². The van der Waals surface area contributed by atoms with Gasteiger partial charge in [-0.25, -0.2) is 17.5 Å². The maximum atomic E-state index is 12.5. The molecule has 0 heterocycles. The van der Waals surface area contributed by atoms with Crippen molar-refractivity contribution in [2.45, 2.75) is 11.0 Å². The van der Waals surface area contributed by atoms with E-state index < -0.39 is 22.1 Å². The van der Waals surface area contributed by atoms with Gasteiger partial charge in [-0.1, -0.05) is 30.3 Å². The highest BCUT2D eigenvalue weighted by molar-refractivity contribution is 7.89. The van der Waals surface area contributed by atoms with Gasteiger partial charge in [0.2, 0.25) is 16.1 Å². The van der Waals surface area contributed by atoms with Crippen LogP contribution in [0.15, 0.2) is 59.5 Å². The molecule has 0 radical (unpaired) electrons. The molecule has 0 aliphatic rings. The summed E-state index contributed by atoms with van der Waals surface area (Å²) in [7, 11) is 2.41. The maximum absolute atomic E-state index is 12.5. The summed E-state index contributed by atoms with van der Waals surface area (Å²) in [6.45, 7) is 0. The highest BCUT2D eigenvalue weighted by Gasteiger charge is 2.27. The minimum Gasteiger partial charge on any atom is -0.444 e. The Kier molecular flexibility index (Phi) is 6.35. The van der Waals surface area contributed by atoms with E-state index in [2.05, 4.69) is 0 Å². The highest BCUT2D eigenvalue weighted by atomic mass is 32.2. The molecule has 0 fully saturated rings. The molecule has 0 unspecified atom stereocenters. The van der Waals surface area contributed by atoms with Gasteiger partial charge in [0, 0.05) is 33.8 Å². The van der Waals surface area contributed by atoms with Crippen molar-refractivity contribution < 1.29 is 22.7 Å². The van der Waals surface area contributed by atoms with Crippen LogP contribution in [0, 0.1) is 0 Å². The first-order valence-corrected chi connectivity index (χ1v) is 9.58. The lowest BCUT2D eigenvalue weighted by atomic mass is 10.1. The normalized spacial score (nSPS) is 12.5. The monoisotopic (exact) mass is 390 g/mol. The van der Waals surface area contributed by atoms with Crippen molar-refractivity contribution >= 4 is 21.9 Å². The van der Waals surface area contributed by atoms with Crippen LogP contribution in [0.4, 0.5) is 0 Å². The standard InChI is InChI=1S/C19H22N2O5S/c1-20(2)18(22)17(14-8-6-5-7-9-14)26-19(23)15-10-12-16(13-11-15)27(24,25)21(3)4/h5-13,17H,1-4H3/t17-/m0/s1.